The van der Waals surface area contributed by atoms with E-state index in [2.05, 4.69) is 16.9 Å². The van der Waals surface area contributed by atoms with Crippen LogP contribution in [-0.4, -0.2) is 16.7 Å². The molecule has 1 amide bonds. The van der Waals surface area contributed by atoms with Gasteiger partial charge in [0.1, 0.15) is 5.60 Å². The molecule has 0 aliphatic carbocycles. The molecular formula is C12H15FN2O2. The minimum atomic E-state index is -0.711. The highest BCUT2D eigenvalue weighted by Gasteiger charge is 2.17. The van der Waals surface area contributed by atoms with E-state index in [0.717, 1.165) is 6.20 Å². The highest BCUT2D eigenvalue weighted by molar-refractivity contribution is 5.85. The number of rotatable bonds is 2. The molecule has 1 aromatic rings. The molecule has 1 aromatic heterocycles. The van der Waals surface area contributed by atoms with Crippen molar-refractivity contribution in [3.8, 4) is 0 Å². The van der Waals surface area contributed by atoms with Crippen LogP contribution in [-0.2, 0) is 4.74 Å². The predicted molar refractivity (Wildman–Crippen MR) is 64.1 cm³/mol. The number of halogens is 1. The number of anilines is 1. The summed E-state index contributed by atoms with van der Waals surface area (Å²) in [6.45, 7) is 8.69. The van der Waals surface area contributed by atoms with Crippen molar-refractivity contribution in [2.45, 2.75) is 26.4 Å². The molecule has 0 unspecified atom stereocenters. The summed E-state index contributed by atoms with van der Waals surface area (Å²) < 4.78 is 18.3. The van der Waals surface area contributed by atoms with Crippen molar-refractivity contribution in [3.05, 3.63) is 30.4 Å². The fraction of sp³-hybridized carbons (Fsp3) is 0.333. The van der Waals surface area contributed by atoms with E-state index in [1.165, 1.54) is 12.1 Å². The molecule has 1 N–H and O–H groups in total. The Morgan fingerprint density at radius 2 is 2.24 bits per heavy atom. The van der Waals surface area contributed by atoms with Gasteiger partial charge in [-0.1, -0.05) is 6.58 Å². The van der Waals surface area contributed by atoms with E-state index < -0.39 is 17.5 Å². The topological polar surface area (TPSA) is 51.2 Å². The number of amides is 1. The highest BCUT2D eigenvalue weighted by Crippen LogP contribution is 2.16. The van der Waals surface area contributed by atoms with Gasteiger partial charge in [-0.15, -0.1) is 0 Å². The van der Waals surface area contributed by atoms with Crippen LogP contribution in [0.4, 0.5) is 14.9 Å². The lowest BCUT2D eigenvalue weighted by Crippen LogP contribution is -2.27. The second-order valence-corrected chi connectivity index (χ2v) is 4.42. The highest BCUT2D eigenvalue weighted by atomic mass is 19.1. The first kappa shape index (κ1) is 13.2. The van der Waals surface area contributed by atoms with Gasteiger partial charge in [-0.2, -0.15) is 0 Å². The lowest BCUT2D eigenvalue weighted by molar-refractivity contribution is 0.0635. The molecule has 0 bridgehead atoms. The van der Waals surface area contributed by atoms with Crippen molar-refractivity contribution in [2.24, 2.45) is 0 Å². The molecule has 0 aliphatic rings. The van der Waals surface area contributed by atoms with Crippen molar-refractivity contribution < 1.29 is 13.9 Å². The van der Waals surface area contributed by atoms with Crippen LogP contribution in [0.25, 0.3) is 6.08 Å². The summed E-state index contributed by atoms with van der Waals surface area (Å²) in [6, 6.07) is 1.38. The fourth-order valence-corrected chi connectivity index (χ4v) is 1.08. The van der Waals surface area contributed by atoms with Crippen LogP contribution in [0.1, 0.15) is 26.5 Å². The molecule has 0 saturated carbocycles. The Labute approximate surface area is 99.5 Å². The number of carbonyl (C=O) groups is 1. The SMILES string of the molecule is C=Cc1cc(NC(=O)OC(C)(C)C)c(F)cn1. The Balaban J connectivity index is 2.81. The summed E-state index contributed by atoms with van der Waals surface area (Å²) >= 11 is 0. The Hall–Kier alpha value is -1.91. The third-order valence-corrected chi connectivity index (χ3v) is 1.72. The minimum Gasteiger partial charge on any atom is -0.444 e. The number of aromatic nitrogens is 1. The van der Waals surface area contributed by atoms with Crippen LogP contribution in [0.2, 0.25) is 0 Å². The van der Waals surface area contributed by atoms with E-state index in [9.17, 15) is 9.18 Å². The summed E-state index contributed by atoms with van der Waals surface area (Å²) in [5, 5.41) is 2.32. The number of hydrogen-bond donors (Lipinski definition) is 1. The third-order valence-electron chi connectivity index (χ3n) is 1.72. The Kier molecular flexibility index (Phi) is 3.83. The zero-order valence-corrected chi connectivity index (χ0v) is 10.1. The van der Waals surface area contributed by atoms with Gasteiger partial charge in [-0.3, -0.25) is 10.3 Å². The molecule has 0 aromatic carbocycles. The number of nitrogens with zero attached hydrogens (tertiary/aromatic N) is 1. The lowest BCUT2D eigenvalue weighted by atomic mass is 10.2. The van der Waals surface area contributed by atoms with Gasteiger partial charge in [0.05, 0.1) is 17.6 Å². The van der Waals surface area contributed by atoms with Crippen molar-refractivity contribution >= 4 is 17.9 Å². The number of carbonyl (C=O) groups excluding carboxylic acids is 1. The van der Waals surface area contributed by atoms with Crippen molar-refractivity contribution in [1.82, 2.24) is 4.98 Å². The molecule has 5 heteroatoms. The van der Waals surface area contributed by atoms with Crippen molar-refractivity contribution in [3.63, 3.8) is 0 Å². The third kappa shape index (κ3) is 4.22. The van der Waals surface area contributed by atoms with E-state index in [1.54, 1.807) is 20.8 Å². The molecule has 0 radical (unpaired) electrons. The van der Waals surface area contributed by atoms with Gasteiger partial charge in [0, 0.05) is 0 Å². The minimum absolute atomic E-state index is 0.0177. The first-order valence-corrected chi connectivity index (χ1v) is 5.10. The van der Waals surface area contributed by atoms with E-state index in [1.807, 2.05) is 0 Å². The first-order chi connectivity index (χ1) is 7.81. The maximum atomic E-state index is 13.3. The Morgan fingerprint density at radius 3 is 2.76 bits per heavy atom. The van der Waals surface area contributed by atoms with Gasteiger partial charge in [0.2, 0.25) is 0 Å². The Morgan fingerprint density at radius 1 is 1.59 bits per heavy atom. The molecule has 0 atom stereocenters. The quantitative estimate of drug-likeness (QED) is 0.860. The molecule has 0 spiro atoms. The number of nitrogens with one attached hydrogen (secondary N) is 1. The largest absolute Gasteiger partial charge is 0.444 e. The number of pyridine rings is 1. The van der Waals surface area contributed by atoms with Gasteiger partial charge in [-0.25, -0.2) is 9.18 Å². The molecule has 0 fully saturated rings. The van der Waals surface area contributed by atoms with E-state index in [0.29, 0.717) is 5.69 Å². The molecule has 0 saturated heterocycles. The molecule has 1 heterocycles. The summed E-state index contributed by atoms with van der Waals surface area (Å²) in [7, 11) is 0. The summed E-state index contributed by atoms with van der Waals surface area (Å²) in [5.74, 6) is -0.624. The molecule has 0 aliphatic heterocycles. The molecular weight excluding hydrogens is 223 g/mol. The van der Waals surface area contributed by atoms with Crippen molar-refractivity contribution in [1.29, 1.82) is 0 Å². The zero-order chi connectivity index (χ0) is 13.1. The second-order valence-electron chi connectivity index (χ2n) is 4.42. The standard InChI is InChI=1S/C12H15FN2O2/c1-5-8-6-10(9(13)7-14-8)15-11(16)17-12(2,3)4/h5-7H,1H2,2-4H3,(H,14,15,16). The smallest absolute Gasteiger partial charge is 0.412 e. The number of ether oxygens (including phenoxy) is 1. The molecule has 17 heavy (non-hydrogen) atoms. The van der Waals surface area contributed by atoms with Gasteiger partial charge < -0.3 is 4.74 Å². The van der Waals surface area contributed by atoms with Crippen LogP contribution in [0.15, 0.2) is 18.8 Å². The molecule has 92 valence electrons. The van der Waals surface area contributed by atoms with Crippen molar-refractivity contribution in [2.75, 3.05) is 5.32 Å². The van der Waals surface area contributed by atoms with Crippen LogP contribution >= 0.6 is 0 Å². The predicted octanol–water partition coefficient (Wildman–Crippen LogP) is 3.21. The van der Waals surface area contributed by atoms with Gasteiger partial charge in [-0.05, 0) is 32.9 Å². The average molecular weight is 238 g/mol. The Bertz CT molecular complexity index is 439. The van der Waals surface area contributed by atoms with Gasteiger partial charge in [0.15, 0.2) is 5.82 Å². The van der Waals surface area contributed by atoms with Crippen LogP contribution in [0.3, 0.4) is 0 Å². The maximum absolute atomic E-state index is 13.3. The average Bonchev–Trinajstić information content (AvgIpc) is 2.18. The molecule has 4 nitrogen and oxygen atoms in total. The van der Waals surface area contributed by atoms with Gasteiger partial charge >= 0.3 is 6.09 Å². The second kappa shape index (κ2) is 4.95. The summed E-state index contributed by atoms with van der Waals surface area (Å²) in [4.78, 5) is 15.2. The summed E-state index contributed by atoms with van der Waals surface area (Å²) in [5.41, 5.74) is -0.143. The molecule has 1 rings (SSSR count). The van der Waals surface area contributed by atoms with Crippen LogP contribution < -0.4 is 5.32 Å². The van der Waals surface area contributed by atoms with Crippen LogP contribution in [0, 0.1) is 5.82 Å². The lowest BCUT2D eigenvalue weighted by Gasteiger charge is -2.19. The van der Waals surface area contributed by atoms with Crippen LogP contribution in [0.5, 0.6) is 0 Å². The number of hydrogen-bond acceptors (Lipinski definition) is 3. The normalized spacial score (nSPS) is 10.8. The maximum Gasteiger partial charge on any atom is 0.412 e. The van der Waals surface area contributed by atoms with E-state index in [4.69, 9.17) is 4.74 Å². The first-order valence-electron chi connectivity index (χ1n) is 5.10. The monoisotopic (exact) mass is 238 g/mol. The fourth-order valence-electron chi connectivity index (χ4n) is 1.08. The van der Waals surface area contributed by atoms with Gasteiger partial charge in [0.25, 0.3) is 0 Å². The zero-order valence-electron chi connectivity index (χ0n) is 10.1. The van der Waals surface area contributed by atoms with E-state index >= 15 is 0 Å². The summed E-state index contributed by atoms with van der Waals surface area (Å²) in [6.07, 6.45) is 1.77. The van der Waals surface area contributed by atoms with E-state index in [-0.39, 0.29) is 5.69 Å².